The number of aliphatic imine (C=N–C) groups is 1. The van der Waals surface area contributed by atoms with Gasteiger partial charge in [0.25, 0.3) is 0 Å². The van der Waals surface area contributed by atoms with E-state index >= 15 is 0 Å². The van der Waals surface area contributed by atoms with Gasteiger partial charge in [-0.1, -0.05) is 35.6 Å². The Morgan fingerprint density at radius 1 is 1.08 bits per heavy atom. The molecule has 3 N–H and O–H groups in total. The van der Waals surface area contributed by atoms with Crippen LogP contribution in [0.5, 0.6) is 0 Å². The zero-order valence-electron chi connectivity index (χ0n) is 29.2. The van der Waals surface area contributed by atoms with E-state index in [-0.39, 0.29) is 31.3 Å². The molecule has 4 aromatic rings. The van der Waals surface area contributed by atoms with Gasteiger partial charge in [0.1, 0.15) is 16.9 Å². The predicted octanol–water partition coefficient (Wildman–Crippen LogP) is 5.04. The summed E-state index contributed by atoms with van der Waals surface area (Å²) in [5.74, 6) is 6.70. The molecule has 6 rings (SSSR count). The van der Waals surface area contributed by atoms with E-state index in [0.29, 0.717) is 28.5 Å². The quantitative estimate of drug-likeness (QED) is 0.138. The molecule has 14 heteroatoms. The Hall–Kier alpha value is -4.25. The maximum Gasteiger partial charge on any atom is 0.339 e. The summed E-state index contributed by atoms with van der Waals surface area (Å²) >= 11 is 7.92. The lowest BCUT2D eigenvalue weighted by molar-refractivity contribution is -0.121. The Bertz CT molecular complexity index is 1990. The maximum atomic E-state index is 13.4. The van der Waals surface area contributed by atoms with Gasteiger partial charge in [-0.2, -0.15) is 0 Å². The minimum absolute atomic E-state index is 0. The van der Waals surface area contributed by atoms with Gasteiger partial charge in [0.2, 0.25) is 5.91 Å². The first-order chi connectivity index (χ1) is 24.2. The van der Waals surface area contributed by atoms with Crippen LogP contribution in [-0.4, -0.2) is 90.2 Å². The Balaban J connectivity index is 0.00000504. The van der Waals surface area contributed by atoms with E-state index < -0.39 is 12.0 Å². The SMILES string of the molecule is COC(=O)c1cc(N2CCN(CCCNC(=O)C[C@@H]3N=C(c4ccc(Cl)cc4)c4c(sc(C)c4C)-n4c(C)nnc43)CC2)ccc1C#CCN.Cl. The van der Waals surface area contributed by atoms with Crippen molar-refractivity contribution < 1.29 is 14.3 Å². The highest BCUT2D eigenvalue weighted by molar-refractivity contribution is 7.15. The monoisotopic (exact) mass is 748 g/mol. The van der Waals surface area contributed by atoms with Crippen LogP contribution in [0.4, 0.5) is 5.69 Å². The van der Waals surface area contributed by atoms with Gasteiger partial charge in [-0.05, 0) is 69.6 Å². The van der Waals surface area contributed by atoms with E-state index in [0.717, 1.165) is 78.1 Å². The number of hydrogen-bond donors (Lipinski definition) is 2. The third-order valence-electron chi connectivity index (χ3n) is 9.18. The van der Waals surface area contributed by atoms with Crippen molar-refractivity contribution in [3.63, 3.8) is 0 Å². The molecule has 2 aliphatic rings. The largest absolute Gasteiger partial charge is 0.465 e. The first kappa shape index (κ1) is 38.0. The van der Waals surface area contributed by atoms with Gasteiger partial charge in [-0.15, -0.1) is 33.9 Å². The van der Waals surface area contributed by atoms with Gasteiger partial charge < -0.3 is 20.7 Å². The van der Waals surface area contributed by atoms with Crippen molar-refractivity contribution in [3.8, 4) is 16.8 Å². The number of amides is 1. The molecule has 0 spiro atoms. The summed E-state index contributed by atoms with van der Waals surface area (Å²) in [6, 6.07) is 12.9. The molecule has 1 amide bonds. The van der Waals surface area contributed by atoms with Gasteiger partial charge in [-0.3, -0.25) is 19.3 Å². The smallest absolute Gasteiger partial charge is 0.339 e. The van der Waals surface area contributed by atoms with Crippen LogP contribution in [0, 0.1) is 32.6 Å². The lowest BCUT2D eigenvalue weighted by atomic mass is 9.99. The lowest BCUT2D eigenvalue weighted by Crippen LogP contribution is -2.47. The van der Waals surface area contributed by atoms with Gasteiger partial charge in [0.05, 0.1) is 31.4 Å². The van der Waals surface area contributed by atoms with Gasteiger partial charge in [0, 0.05) is 65.0 Å². The molecule has 4 heterocycles. The Morgan fingerprint density at radius 3 is 2.53 bits per heavy atom. The van der Waals surface area contributed by atoms with Gasteiger partial charge in [0.15, 0.2) is 5.82 Å². The van der Waals surface area contributed by atoms with E-state index in [1.165, 1.54) is 12.0 Å². The van der Waals surface area contributed by atoms with Crippen molar-refractivity contribution in [2.75, 3.05) is 57.8 Å². The molecule has 1 saturated heterocycles. The average molecular weight is 750 g/mol. The van der Waals surface area contributed by atoms with E-state index in [1.807, 2.05) is 49.4 Å². The summed E-state index contributed by atoms with van der Waals surface area (Å²) in [5.41, 5.74) is 11.5. The maximum absolute atomic E-state index is 13.4. The van der Waals surface area contributed by atoms with Crippen molar-refractivity contribution in [2.45, 2.75) is 39.7 Å². The molecule has 268 valence electrons. The van der Waals surface area contributed by atoms with Crippen LogP contribution in [0.25, 0.3) is 5.00 Å². The van der Waals surface area contributed by atoms with Crippen LogP contribution < -0.4 is 16.0 Å². The van der Waals surface area contributed by atoms with Crippen LogP contribution in [0.15, 0.2) is 47.5 Å². The standard InChI is InChI=1S/C37H41ClN8O3S.ClH/c1-23-24(2)50-36-33(23)34(27-8-11-28(38)12-9-27)41-31(35-43-42-25(3)46(35)36)22-32(47)40-15-6-16-44-17-19-45(20-18-44)29-13-10-26(7-5-14-39)30(21-29)37(48)49-4;/h8-13,21,31H,6,14-20,22,39H2,1-4H3,(H,40,47);1H/t31-;/m0./s1. The number of aromatic nitrogens is 3. The molecule has 11 nitrogen and oxygen atoms in total. The van der Waals surface area contributed by atoms with E-state index in [1.54, 1.807) is 11.3 Å². The number of halogens is 2. The van der Waals surface area contributed by atoms with E-state index in [9.17, 15) is 9.59 Å². The molecule has 1 fully saturated rings. The molecule has 0 unspecified atom stereocenters. The number of hydrogen-bond acceptors (Lipinski definition) is 10. The number of esters is 1. The highest BCUT2D eigenvalue weighted by Gasteiger charge is 2.32. The molecule has 2 aliphatic heterocycles. The topological polar surface area (TPSA) is 131 Å². The number of nitrogens with one attached hydrogen (secondary N) is 1. The fourth-order valence-corrected chi connectivity index (χ4v) is 7.74. The lowest BCUT2D eigenvalue weighted by Gasteiger charge is -2.36. The van der Waals surface area contributed by atoms with E-state index in [4.69, 9.17) is 27.1 Å². The number of rotatable bonds is 9. The summed E-state index contributed by atoms with van der Waals surface area (Å²) in [7, 11) is 1.37. The highest BCUT2D eigenvalue weighted by atomic mass is 35.5. The summed E-state index contributed by atoms with van der Waals surface area (Å²) < 4.78 is 7.05. The molecular weight excluding hydrogens is 707 g/mol. The van der Waals surface area contributed by atoms with Crippen LogP contribution in [0.2, 0.25) is 5.02 Å². The minimum atomic E-state index is -0.504. The zero-order valence-corrected chi connectivity index (χ0v) is 31.6. The first-order valence-corrected chi connectivity index (χ1v) is 17.9. The fraction of sp³-hybridized carbons (Fsp3) is 0.378. The molecule has 2 aromatic heterocycles. The van der Waals surface area contributed by atoms with Crippen molar-refractivity contribution >= 4 is 58.6 Å². The number of carbonyl (C=O) groups is 2. The number of anilines is 1. The number of nitrogens with zero attached hydrogens (tertiary/aromatic N) is 6. The molecule has 0 radical (unpaired) electrons. The number of aryl methyl sites for hydroxylation is 2. The minimum Gasteiger partial charge on any atom is -0.465 e. The Kier molecular flexibility index (Phi) is 12.5. The van der Waals surface area contributed by atoms with Crippen LogP contribution in [0.3, 0.4) is 0 Å². The number of ether oxygens (including phenoxy) is 1. The van der Waals surface area contributed by atoms with E-state index in [2.05, 4.69) is 55.6 Å². The summed E-state index contributed by atoms with van der Waals surface area (Å²) in [6.07, 6.45) is 0.979. The molecule has 0 aliphatic carbocycles. The summed E-state index contributed by atoms with van der Waals surface area (Å²) in [5, 5.41) is 13.7. The molecule has 0 saturated carbocycles. The van der Waals surface area contributed by atoms with Crippen LogP contribution >= 0.6 is 35.3 Å². The molecule has 51 heavy (non-hydrogen) atoms. The average Bonchev–Trinajstić information content (AvgIpc) is 3.61. The molecule has 2 aromatic carbocycles. The number of nitrogens with two attached hydrogens (primary N) is 1. The van der Waals surface area contributed by atoms with Crippen molar-refractivity contribution in [3.05, 3.63) is 91.8 Å². The summed E-state index contributed by atoms with van der Waals surface area (Å²) in [6.45, 7) is 11.2. The number of thiophene rings is 1. The van der Waals surface area contributed by atoms with Crippen LogP contribution in [0.1, 0.15) is 68.0 Å². The normalized spacial score (nSPS) is 15.4. The Labute approximate surface area is 313 Å². The molecule has 1 atom stereocenters. The molecule has 0 bridgehead atoms. The number of methoxy groups -OCH3 is 1. The second kappa shape index (κ2) is 16.8. The second-order valence-electron chi connectivity index (χ2n) is 12.4. The third-order valence-corrected chi connectivity index (χ3v) is 10.6. The molecular formula is C37H42Cl2N8O3S. The first-order valence-electron chi connectivity index (χ1n) is 16.7. The number of carbonyl (C=O) groups excluding carboxylic acids is 2. The number of fused-ring (bicyclic) bond motifs is 3. The Morgan fingerprint density at radius 2 is 1.82 bits per heavy atom. The van der Waals surface area contributed by atoms with Gasteiger partial charge >= 0.3 is 5.97 Å². The van der Waals surface area contributed by atoms with Crippen molar-refractivity contribution in [1.82, 2.24) is 25.0 Å². The van der Waals surface area contributed by atoms with Crippen molar-refractivity contribution in [1.29, 1.82) is 0 Å². The third kappa shape index (κ3) is 8.29. The van der Waals surface area contributed by atoms with Crippen molar-refractivity contribution in [2.24, 2.45) is 10.7 Å². The fourth-order valence-electron chi connectivity index (χ4n) is 6.40. The zero-order chi connectivity index (χ0) is 35.4. The summed E-state index contributed by atoms with van der Waals surface area (Å²) in [4.78, 5) is 36.8. The number of benzene rings is 2. The predicted molar refractivity (Wildman–Crippen MR) is 205 cm³/mol. The second-order valence-corrected chi connectivity index (χ2v) is 14.0. The van der Waals surface area contributed by atoms with Crippen LogP contribution in [-0.2, 0) is 9.53 Å². The highest BCUT2D eigenvalue weighted by Crippen LogP contribution is 2.39. The van der Waals surface area contributed by atoms with Gasteiger partial charge in [-0.25, -0.2) is 4.79 Å². The number of piperazine rings is 1.